The molecule has 2 aliphatic heterocycles. The fourth-order valence-electron chi connectivity index (χ4n) is 2.39. The van der Waals surface area contributed by atoms with Gasteiger partial charge in [-0.2, -0.15) is 0 Å². The SMILES string of the molecule is CN1CCC(NC(=O)N2CCNC(=O)CC2)CC1. The molecule has 2 fully saturated rings. The lowest BCUT2D eigenvalue weighted by Crippen LogP contribution is -2.49. The number of carbonyl (C=O) groups excluding carboxylic acids is 2. The molecule has 0 atom stereocenters. The van der Waals surface area contributed by atoms with Gasteiger partial charge in [0, 0.05) is 32.1 Å². The standard InChI is InChI=1S/C12H22N4O2/c1-15-6-2-10(3-7-15)14-12(18)16-8-4-11(17)13-5-9-16/h10H,2-9H2,1H3,(H,13,17)(H,14,18). The molecule has 0 aromatic rings. The number of urea groups is 1. The van der Waals surface area contributed by atoms with Crippen LogP contribution in [0, 0.1) is 0 Å². The summed E-state index contributed by atoms with van der Waals surface area (Å²) >= 11 is 0. The van der Waals surface area contributed by atoms with Gasteiger partial charge in [0.2, 0.25) is 5.91 Å². The lowest BCUT2D eigenvalue weighted by Gasteiger charge is -2.31. The quantitative estimate of drug-likeness (QED) is 0.670. The summed E-state index contributed by atoms with van der Waals surface area (Å²) in [4.78, 5) is 27.3. The molecule has 0 bridgehead atoms. The van der Waals surface area contributed by atoms with Gasteiger partial charge in [-0.3, -0.25) is 4.79 Å². The predicted molar refractivity (Wildman–Crippen MR) is 68.3 cm³/mol. The molecule has 3 amide bonds. The van der Waals surface area contributed by atoms with Crippen LogP contribution in [-0.4, -0.2) is 67.6 Å². The summed E-state index contributed by atoms with van der Waals surface area (Å²) in [6.45, 7) is 3.74. The maximum atomic E-state index is 12.1. The first-order chi connectivity index (χ1) is 8.65. The minimum atomic E-state index is -0.0268. The van der Waals surface area contributed by atoms with Crippen molar-refractivity contribution in [3.8, 4) is 0 Å². The van der Waals surface area contributed by atoms with E-state index in [9.17, 15) is 9.59 Å². The lowest BCUT2D eigenvalue weighted by molar-refractivity contribution is -0.120. The minimum absolute atomic E-state index is 0.0268. The first-order valence-electron chi connectivity index (χ1n) is 6.66. The number of nitrogens with one attached hydrogen (secondary N) is 2. The Kier molecular flexibility index (Phi) is 4.41. The van der Waals surface area contributed by atoms with Crippen molar-refractivity contribution in [2.75, 3.05) is 39.8 Å². The van der Waals surface area contributed by atoms with Crippen LogP contribution in [0.5, 0.6) is 0 Å². The smallest absolute Gasteiger partial charge is 0.317 e. The fraction of sp³-hybridized carbons (Fsp3) is 0.833. The molecule has 0 spiro atoms. The second-order valence-corrected chi connectivity index (χ2v) is 5.11. The van der Waals surface area contributed by atoms with E-state index in [4.69, 9.17) is 0 Å². The molecule has 0 unspecified atom stereocenters. The van der Waals surface area contributed by atoms with E-state index in [0.717, 1.165) is 25.9 Å². The van der Waals surface area contributed by atoms with Crippen molar-refractivity contribution < 1.29 is 9.59 Å². The number of hydrogen-bond donors (Lipinski definition) is 2. The predicted octanol–water partition coefficient (Wildman–Crippen LogP) is -0.388. The molecule has 0 aliphatic carbocycles. The second-order valence-electron chi connectivity index (χ2n) is 5.11. The van der Waals surface area contributed by atoms with Gasteiger partial charge in [-0.25, -0.2) is 4.79 Å². The van der Waals surface area contributed by atoms with E-state index >= 15 is 0 Å². The van der Waals surface area contributed by atoms with Crippen molar-refractivity contribution in [3.05, 3.63) is 0 Å². The number of hydrogen-bond acceptors (Lipinski definition) is 3. The summed E-state index contributed by atoms with van der Waals surface area (Å²) in [5.74, 6) is 0.0320. The normalized spacial score (nSPS) is 23.4. The van der Waals surface area contributed by atoms with E-state index < -0.39 is 0 Å². The largest absolute Gasteiger partial charge is 0.354 e. The van der Waals surface area contributed by atoms with Crippen molar-refractivity contribution in [1.82, 2.24) is 20.4 Å². The van der Waals surface area contributed by atoms with Crippen LogP contribution >= 0.6 is 0 Å². The van der Waals surface area contributed by atoms with Gasteiger partial charge >= 0.3 is 6.03 Å². The highest BCUT2D eigenvalue weighted by molar-refractivity contribution is 5.79. The third kappa shape index (κ3) is 3.60. The summed E-state index contributed by atoms with van der Waals surface area (Å²) in [5.41, 5.74) is 0. The summed E-state index contributed by atoms with van der Waals surface area (Å²) in [6, 6.07) is 0.252. The highest BCUT2D eigenvalue weighted by atomic mass is 16.2. The van der Waals surface area contributed by atoms with Crippen LogP contribution in [0.1, 0.15) is 19.3 Å². The Hall–Kier alpha value is -1.30. The molecule has 6 nitrogen and oxygen atoms in total. The fourth-order valence-corrected chi connectivity index (χ4v) is 2.39. The topological polar surface area (TPSA) is 64.7 Å². The Labute approximate surface area is 108 Å². The zero-order chi connectivity index (χ0) is 13.0. The molecule has 2 saturated heterocycles. The molecular weight excluding hydrogens is 232 g/mol. The van der Waals surface area contributed by atoms with E-state index in [0.29, 0.717) is 26.1 Å². The van der Waals surface area contributed by atoms with E-state index in [1.165, 1.54) is 0 Å². The highest BCUT2D eigenvalue weighted by Gasteiger charge is 2.23. The van der Waals surface area contributed by atoms with Crippen LogP contribution < -0.4 is 10.6 Å². The molecule has 2 aliphatic rings. The number of amides is 3. The molecule has 2 rings (SSSR count). The number of nitrogens with zero attached hydrogens (tertiary/aromatic N) is 2. The zero-order valence-electron chi connectivity index (χ0n) is 10.9. The molecule has 2 heterocycles. The van der Waals surface area contributed by atoms with Crippen molar-refractivity contribution in [3.63, 3.8) is 0 Å². The van der Waals surface area contributed by atoms with E-state index in [-0.39, 0.29) is 18.0 Å². The zero-order valence-corrected chi connectivity index (χ0v) is 10.9. The molecule has 0 aromatic carbocycles. The summed E-state index contributed by atoms with van der Waals surface area (Å²) in [7, 11) is 2.10. The Morgan fingerprint density at radius 2 is 2.00 bits per heavy atom. The maximum Gasteiger partial charge on any atom is 0.317 e. The third-order valence-corrected chi connectivity index (χ3v) is 3.65. The minimum Gasteiger partial charge on any atom is -0.354 e. The number of carbonyl (C=O) groups is 2. The summed E-state index contributed by atoms with van der Waals surface area (Å²) < 4.78 is 0. The van der Waals surface area contributed by atoms with E-state index in [1.54, 1.807) is 4.90 Å². The van der Waals surface area contributed by atoms with Crippen LogP contribution in [0.15, 0.2) is 0 Å². The van der Waals surface area contributed by atoms with E-state index in [2.05, 4.69) is 22.6 Å². The molecule has 18 heavy (non-hydrogen) atoms. The maximum absolute atomic E-state index is 12.1. The summed E-state index contributed by atoms with van der Waals surface area (Å²) in [6.07, 6.45) is 2.42. The van der Waals surface area contributed by atoms with Gasteiger partial charge in [-0.15, -0.1) is 0 Å². The van der Waals surface area contributed by atoms with Gasteiger partial charge in [-0.05, 0) is 33.0 Å². The van der Waals surface area contributed by atoms with Gasteiger partial charge in [-0.1, -0.05) is 0 Å². The van der Waals surface area contributed by atoms with Crippen LogP contribution in [0.3, 0.4) is 0 Å². The average molecular weight is 254 g/mol. The van der Waals surface area contributed by atoms with Crippen LogP contribution in [0.2, 0.25) is 0 Å². The van der Waals surface area contributed by atoms with Crippen LogP contribution in [0.25, 0.3) is 0 Å². The van der Waals surface area contributed by atoms with Gasteiger partial charge in [0.1, 0.15) is 0 Å². The average Bonchev–Trinajstić information content (AvgIpc) is 2.57. The van der Waals surface area contributed by atoms with Crippen molar-refractivity contribution in [2.24, 2.45) is 0 Å². The summed E-state index contributed by atoms with van der Waals surface area (Å²) in [5, 5.41) is 5.84. The first-order valence-corrected chi connectivity index (χ1v) is 6.66. The molecule has 0 saturated carbocycles. The molecular formula is C12H22N4O2. The molecule has 102 valence electrons. The van der Waals surface area contributed by atoms with E-state index in [1.807, 2.05) is 0 Å². The number of likely N-dealkylation sites (tertiary alicyclic amines) is 1. The van der Waals surface area contributed by atoms with Crippen LogP contribution in [0.4, 0.5) is 4.79 Å². The second kappa shape index (κ2) is 6.04. The Morgan fingerprint density at radius 3 is 2.72 bits per heavy atom. The van der Waals surface area contributed by atoms with Crippen LogP contribution in [-0.2, 0) is 4.79 Å². The number of rotatable bonds is 1. The van der Waals surface area contributed by atoms with Crippen molar-refractivity contribution in [1.29, 1.82) is 0 Å². The Bertz CT molecular complexity index is 313. The molecule has 2 N–H and O–H groups in total. The van der Waals surface area contributed by atoms with Gasteiger partial charge < -0.3 is 20.4 Å². The first kappa shape index (κ1) is 13.1. The highest BCUT2D eigenvalue weighted by Crippen LogP contribution is 2.09. The van der Waals surface area contributed by atoms with Gasteiger partial charge in [0.15, 0.2) is 0 Å². The Balaban J connectivity index is 1.78. The lowest BCUT2D eigenvalue weighted by atomic mass is 10.1. The number of piperidine rings is 1. The monoisotopic (exact) mass is 254 g/mol. The molecule has 0 radical (unpaired) electrons. The molecule has 0 aromatic heterocycles. The third-order valence-electron chi connectivity index (χ3n) is 3.65. The van der Waals surface area contributed by atoms with Gasteiger partial charge in [0.05, 0.1) is 0 Å². The van der Waals surface area contributed by atoms with Gasteiger partial charge in [0.25, 0.3) is 0 Å². The Morgan fingerprint density at radius 1 is 1.28 bits per heavy atom. The van der Waals surface area contributed by atoms with Crippen molar-refractivity contribution >= 4 is 11.9 Å². The molecule has 6 heteroatoms. The van der Waals surface area contributed by atoms with Crippen molar-refractivity contribution in [2.45, 2.75) is 25.3 Å².